The first-order chi connectivity index (χ1) is 18.0. The molecule has 0 radical (unpaired) electrons. The second-order valence-electron chi connectivity index (χ2n) is 8.27. The number of hydrogen-bond acceptors (Lipinski definition) is 8. The number of hydrogen-bond donors (Lipinski definition) is 3. The summed E-state index contributed by atoms with van der Waals surface area (Å²) in [5.41, 5.74) is 9.89. The molecule has 3 aromatic rings. The lowest BCUT2D eigenvalue weighted by molar-refractivity contribution is -0.117. The Hall–Kier alpha value is -4.09. The van der Waals surface area contributed by atoms with E-state index in [9.17, 15) is 4.79 Å². The maximum absolute atomic E-state index is 13.0. The van der Waals surface area contributed by atoms with Gasteiger partial charge in [0, 0.05) is 34.9 Å². The van der Waals surface area contributed by atoms with Crippen molar-refractivity contribution in [3.8, 4) is 0 Å². The maximum atomic E-state index is 13.0. The van der Waals surface area contributed by atoms with Gasteiger partial charge < -0.3 is 25.4 Å². The number of nitrogens with one attached hydrogen (secondary N) is 2. The topological polar surface area (TPSA) is 138 Å². The number of nitrogens with two attached hydrogens (primary N) is 1. The Morgan fingerprint density at radius 2 is 1.89 bits per heavy atom. The average Bonchev–Trinajstić information content (AvgIpc) is 3.05. The van der Waals surface area contributed by atoms with Crippen molar-refractivity contribution in [2.45, 2.75) is 6.17 Å². The molecule has 2 aliphatic heterocycles. The fraction of sp³-hybridized carbons (Fsp3) is 0.192. The van der Waals surface area contributed by atoms with Crippen LogP contribution in [0.5, 0.6) is 0 Å². The van der Waals surface area contributed by atoms with E-state index < -0.39 is 12.1 Å². The molecule has 1 fully saturated rings. The summed E-state index contributed by atoms with van der Waals surface area (Å²) < 4.78 is 11.7. The maximum Gasteiger partial charge on any atom is 0.291 e. The molecule has 10 nitrogen and oxygen atoms in total. The number of halogens is 1. The fourth-order valence-electron chi connectivity index (χ4n) is 4.11. The molecule has 1 amide bonds. The second-order valence-corrected chi connectivity index (χ2v) is 9.19. The smallest absolute Gasteiger partial charge is 0.291 e. The number of ether oxygens (including phenoxy) is 2. The van der Waals surface area contributed by atoms with Gasteiger partial charge in [-0.3, -0.25) is 10.2 Å². The summed E-state index contributed by atoms with van der Waals surface area (Å²) in [6, 6.07) is 18.4. The Morgan fingerprint density at radius 3 is 2.68 bits per heavy atom. The SMILES string of the molecule is N=C(OC(N)=N[C@H]1N=C(c2ccccc2)c2ccccc2NC1=O)c1ncc(Br)cc1N1CCOCC1. The van der Waals surface area contributed by atoms with E-state index in [1.165, 1.54) is 0 Å². The number of benzene rings is 2. The Kier molecular flexibility index (Phi) is 7.24. The lowest BCUT2D eigenvalue weighted by Crippen LogP contribution is -2.37. The molecule has 2 aromatic carbocycles. The van der Waals surface area contributed by atoms with Crippen molar-refractivity contribution < 1.29 is 14.3 Å². The van der Waals surface area contributed by atoms with Crippen LogP contribution in [-0.4, -0.2) is 61.0 Å². The number of nitrogens with zero attached hydrogens (tertiary/aromatic N) is 4. The van der Waals surface area contributed by atoms with Gasteiger partial charge in [0.05, 0.1) is 30.3 Å². The number of benzodiazepines with no additional fused rings is 1. The molecule has 4 N–H and O–H groups in total. The van der Waals surface area contributed by atoms with Crippen molar-refractivity contribution in [3.05, 3.63) is 88.2 Å². The summed E-state index contributed by atoms with van der Waals surface area (Å²) in [6.07, 6.45) is 0.365. The summed E-state index contributed by atoms with van der Waals surface area (Å²) >= 11 is 3.44. The number of fused-ring (bicyclic) bond motifs is 1. The molecule has 0 saturated carbocycles. The number of morpholine rings is 1. The van der Waals surface area contributed by atoms with E-state index in [0.717, 1.165) is 15.6 Å². The highest BCUT2D eigenvalue weighted by molar-refractivity contribution is 9.10. The van der Waals surface area contributed by atoms with Crippen LogP contribution in [0.15, 0.2) is 81.3 Å². The molecule has 1 atom stereocenters. The van der Waals surface area contributed by atoms with Gasteiger partial charge in [-0.1, -0.05) is 48.5 Å². The number of para-hydroxylation sites is 1. The normalized spacial score (nSPS) is 17.8. The van der Waals surface area contributed by atoms with Crippen LogP contribution in [0.3, 0.4) is 0 Å². The zero-order valence-corrected chi connectivity index (χ0v) is 21.3. The zero-order valence-electron chi connectivity index (χ0n) is 19.7. The monoisotopic (exact) mass is 561 g/mol. The first-order valence-electron chi connectivity index (χ1n) is 11.6. The van der Waals surface area contributed by atoms with Crippen LogP contribution >= 0.6 is 15.9 Å². The van der Waals surface area contributed by atoms with E-state index in [4.69, 9.17) is 20.6 Å². The van der Waals surface area contributed by atoms with Gasteiger partial charge in [0.15, 0.2) is 0 Å². The van der Waals surface area contributed by atoms with Gasteiger partial charge in [-0.05, 0) is 28.1 Å². The summed E-state index contributed by atoms with van der Waals surface area (Å²) in [7, 11) is 0. The average molecular weight is 562 g/mol. The van der Waals surface area contributed by atoms with E-state index in [1.54, 1.807) is 12.3 Å². The van der Waals surface area contributed by atoms with Crippen LogP contribution in [0.1, 0.15) is 16.8 Å². The number of carbonyl (C=O) groups is 1. The Morgan fingerprint density at radius 1 is 1.16 bits per heavy atom. The van der Waals surface area contributed by atoms with Crippen molar-refractivity contribution in [1.29, 1.82) is 5.41 Å². The van der Waals surface area contributed by atoms with Crippen molar-refractivity contribution in [3.63, 3.8) is 0 Å². The second kappa shape index (κ2) is 10.9. The van der Waals surface area contributed by atoms with Crippen molar-refractivity contribution >= 4 is 50.8 Å². The van der Waals surface area contributed by atoms with Crippen molar-refractivity contribution in [1.82, 2.24) is 4.98 Å². The van der Waals surface area contributed by atoms with Gasteiger partial charge in [-0.25, -0.2) is 9.98 Å². The van der Waals surface area contributed by atoms with Gasteiger partial charge in [0.2, 0.25) is 12.1 Å². The molecule has 0 spiro atoms. The fourth-order valence-corrected chi connectivity index (χ4v) is 4.43. The highest BCUT2D eigenvalue weighted by Crippen LogP contribution is 2.26. The summed E-state index contributed by atoms with van der Waals surface area (Å²) in [5.74, 6) is -0.757. The van der Waals surface area contributed by atoms with Crippen molar-refractivity contribution in [2.75, 3.05) is 36.5 Å². The quantitative estimate of drug-likeness (QED) is 0.330. The van der Waals surface area contributed by atoms with Gasteiger partial charge in [0.1, 0.15) is 5.69 Å². The lowest BCUT2D eigenvalue weighted by atomic mass is 10.0. The molecule has 1 saturated heterocycles. The summed E-state index contributed by atoms with van der Waals surface area (Å²) in [4.78, 5) is 28.3. The standard InChI is InChI=1S/C26H24BrN7O3/c27-17-14-20(34-10-12-36-13-11-34)22(30-15-17)23(28)37-26(29)33-24-25(35)31-19-9-5-4-8-18(19)21(32-24)16-6-2-1-3-7-16/h1-9,14-15,24,28H,10-13H2,(H2,29,33)(H,31,35)/t24-/m1/s1. The van der Waals surface area contributed by atoms with Crippen LogP contribution in [0.25, 0.3) is 0 Å². The Labute approximate surface area is 221 Å². The van der Waals surface area contributed by atoms with E-state index in [-0.39, 0.29) is 11.9 Å². The molecular formula is C26H24BrN7O3. The molecule has 11 heteroatoms. The molecule has 188 valence electrons. The number of aliphatic imine (C=N–C) groups is 2. The number of carbonyl (C=O) groups excluding carboxylic acids is 1. The van der Waals surface area contributed by atoms with Crippen LogP contribution < -0.4 is 16.0 Å². The van der Waals surface area contributed by atoms with Gasteiger partial charge >= 0.3 is 0 Å². The molecule has 0 unspecified atom stereocenters. The van der Waals surface area contributed by atoms with E-state index >= 15 is 0 Å². The highest BCUT2D eigenvalue weighted by atomic mass is 79.9. The van der Waals surface area contributed by atoms with Gasteiger partial charge in [0.25, 0.3) is 11.9 Å². The molecule has 3 heterocycles. The third-order valence-corrected chi connectivity index (χ3v) is 6.26. The van der Waals surface area contributed by atoms with Crippen LogP contribution in [0.4, 0.5) is 11.4 Å². The number of anilines is 2. The van der Waals surface area contributed by atoms with Crippen LogP contribution in [0, 0.1) is 5.41 Å². The number of amidine groups is 1. The number of aromatic nitrogens is 1. The molecular weight excluding hydrogens is 538 g/mol. The van der Waals surface area contributed by atoms with Crippen molar-refractivity contribution in [2.24, 2.45) is 15.7 Å². The van der Waals surface area contributed by atoms with Gasteiger partial charge in [-0.2, -0.15) is 4.99 Å². The van der Waals surface area contributed by atoms with Gasteiger partial charge in [-0.15, -0.1) is 0 Å². The molecule has 0 bridgehead atoms. The highest BCUT2D eigenvalue weighted by Gasteiger charge is 2.26. The van der Waals surface area contributed by atoms with E-state index in [0.29, 0.717) is 49.1 Å². The third kappa shape index (κ3) is 5.52. The number of pyridine rings is 1. The zero-order chi connectivity index (χ0) is 25.8. The largest absolute Gasteiger partial charge is 0.405 e. The summed E-state index contributed by atoms with van der Waals surface area (Å²) in [5, 5.41) is 11.4. The van der Waals surface area contributed by atoms with Crippen LogP contribution in [-0.2, 0) is 14.3 Å². The number of rotatable bonds is 4. The number of amides is 1. The molecule has 37 heavy (non-hydrogen) atoms. The third-order valence-electron chi connectivity index (χ3n) is 5.83. The molecule has 1 aromatic heterocycles. The Bertz CT molecular complexity index is 1390. The first kappa shape index (κ1) is 24.6. The predicted molar refractivity (Wildman–Crippen MR) is 145 cm³/mol. The minimum absolute atomic E-state index is 0.292. The molecule has 0 aliphatic carbocycles. The minimum Gasteiger partial charge on any atom is -0.405 e. The Balaban J connectivity index is 1.44. The van der Waals surface area contributed by atoms with E-state index in [1.807, 2.05) is 54.6 Å². The lowest BCUT2D eigenvalue weighted by Gasteiger charge is -2.30. The van der Waals surface area contributed by atoms with Crippen LogP contribution in [0.2, 0.25) is 0 Å². The minimum atomic E-state index is -1.22. The predicted octanol–water partition coefficient (Wildman–Crippen LogP) is 3.15. The van der Waals surface area contributed by atoms with E-state index in [2.05, 4.69) is 41.1 Å². The molecule has 5 rings (SSSR count). The molecule has 2 aliphatic rings. The summed E-state index contributed by atoms with van der Waals surface area (Å²) in [6.45, 7) is 2.46. The first-order valence-corrected chi connectivity index (χ1v) is 12.4.